The maximum atomic E-state index is 12.7. The summed E-state index contributed by atoms with van der Waals surface area (Å²) in [6, 6.07) is 15.7. The number of rotatable bonds is 18. The first-order valence-electron chi connectivity index (χ1n) is 15.1. The second-order valence-corrected chi connectivity index (χ2v) is 12.1. The summed E-state index contributed by atoms with van der Waals surface area (Å²) < 4.78 is 16.4. The van der Waals surface area contributed by atoms with Crippen LogP contribution in [0.25, 0.3) is 11.1 Å². The van der Waals surface area contributed by atoms with Crippen LogP contribution >= 0.6 is 11.8 Å². The highest BCUT2D eigenvalue weighted by molar-refractivity contribution is 8.00. The third-order valence-electron chi connectivity index (χ3n) is 7.38. The number of carbonyl (C=O) groups excluding carboxylic acids is 2. The van der Waals surface area contributed by atoms with Crippen molar-refractivity contribution in [3.05, 3.63) is 60.2 Å². The van der Waals surface area contributed by atoms with Gasteiger partial charge in [-0.2, -0.15) is 11.8 Å². The molecular weight excluding hydrogens is 632 g/mol. The Morgan fingerprint density at radius 3 is 2.34 bits per heavy atom. The van der Waals surface area contributed by atoms with Gasteiger partial charge in [-0.15, -0.1) is 6.42 Å². The molecule has 0 aliphatic carbocycles. The molecule has 0 bridgehead atoms. The summed E-state index contributed by atoms with van der Waals surface area (Å²) in [5.41, 5.74) is 2.73. The molecule has 2 aromatic carbocycles. The number of carboxylic acid groups (broad SMARTS) is 1. The van der Waals surface area contributed by atoms with Crippen LogP contribution in [0.1, 0.15) is 12.0 Å². The molecule has 0 radical (unpaired) electrons. The van der Waals surface area contributed by atoms with Gasteiger partial charge in [-0.05, 0) is 23.1 Å². The van der Waals surface area contributed by atoms with E-state index in [1.54, 1.807) is 0 Å². The summed E-state index contributed by atoms with van der Waals surface area (Å²) in [5, 5.41) is 56.3. The van der Waals surface area contributed by atoms with E-state index in [0.29, 0.717) is 5.75 Å². The molecule has 0 spiro atoms. The van der Waals surface area contributed by atoms with Crippen molar-refractivity contribution in [2.75, 3.05) is 45.3 Å². The van der Waals surface area contributed by atoms with E-state index in [1.807, 2.05) is 54.6 Å². The molecule has 1 saturated heterocycles. The Bertz CT molecular complexity index is 1310. The number of aliphatic carboxylic acids is 1. The largest absolute Gasteiger partial charge is 0.479 e. The molecule has 0 saturated carbocycles. The van der Waals surface area contributed by atoms with Crippen LogP contribution in [0, 0.1) is 12.3 Å². The number of benzene rings is 2. The lowest BCUT2D eigenvalue weighted by Crippen LogP contribution is -2.59. The third kappa shape index (κ3) is 12.2. The Labute approximate surface area is 277 Å². The van der Waals surface area contributed by atoms with Gasteiger partial charge >= 0.3 is 5.97 Å². The van der Waals surface area contributed by atoms with Crippen molar-refractivity contribution in [1.29, 1.82) is 0 Å². The van der Waals surface area contributed by atoms with Crippen LogP contribution in [-0.4, -0.2) is 130 Å². The van der Waals surface area contributed by atoms with Crippen molar-refractivity contribution >= 4 is 29.5 Å². The minimum atomic E-state index is -1.85. The van der Waals surface area contributed by atoms with E-state index in [2.05, 4.69) is 16.6 Å². The summed E-state index contributed by atoms with van der Waals surface area (Å²) in [4.78, 5) is 37.0. The first-order chi connectivity index (χ1) is 22.6. The molecule has 3 rings (SSSR count). The summed E-state index contributed by atoms with van der Waals surface area (Å²) in [7, 11) is 0. The van der Waals surface area contributed by atoms with Gasteiger partial charge in [0.2, 0.25) is 11.8 Å². The highest BCUT2D eigenvalue weighted by Crippen LogP contribution is 2.31. The second-order valence-electron chi connectivity index (χ2n) is 10.8. The van der Waals surface area contributed by atoms with Gasteiger partial charge in [0.1, 0.15) is 25.4 Å². The molecule has 1 heterocycles. The summed E-state index contributed by atoms with van der Waals surface area (Å²) in [6.45, 7) is -0.435. The molecule has 14 heteroatoms. The van der Waals surface area contributed by atoms with E-state index in [1.165, 1.54) is 0 Å². The first-order valence-corrected chi connectivity index (χ1v) is 16.1. The Hall–Kier alpha value is -3.52. The maximum Gasteiger partial charge on any atom is 0.334 e. The fourth-order valence-electron chi connectivity index (χ4n) is 5.01. The lowest BCUT2D eigenvalue weighted by Gasteiger charge is -2.34. The third-order valence-corrected chi connectivity index (χ3v) is 8.65. The lowest BCUT2D eigenvalue weighted by atomic mass is 9.95. The molecule has 1 aliphatic heterocycles. The fourth-order valence-corrected chi connectivity index (χ4v) is 6.21. The molecular formula is C33H42N2O11S. The normalized spacial score (nSPS) is 22.3. The number of hydrogen-bond donors (Lipinski definition) is 7. The van der Waals surface area contributed by atoms with Gasteiger partial charge in [-0.1, -0.05) is 60.5 Å². The van der Waals surface area contributed by atoms with Crippen LogP contribution in [0.2, 0.25) is 0 Å². The Kier molecular flexibility index (Phi) is 16.1. The van der Waals surface area contributed by atoms with Gasteiger partial charge in [0.25, 0.3) is 0 Å². The number of carbonyl (C=O) groups is 3. The van der Waals surface area contributed by atoms with E-state index in [4.69, 9.17) is 20.6 Å². The van der Waals surface area contributed by atoms with Crippen LogP contribution in [0.15, 0.2) is 54.6 Å². The Balaban J connectivity index is 1.62. The zero-order valence-corrected chi connectivity index (χ0v) is 26.6. The smallest absolute Gasteiger partial charge is 0.334 e. The number of thioether (sulfide) groups is 1. The standard InChI is InChI=1S/C33H42N2O11S/c1-2-12-44-13-14-45-15-16-47-26-18-24(37)29(35-28(40)20-36)32(46-31(26)33(42)43)30(41)25(38)19-34-27(39)17-21-8-10-23(11-9-21)22-6-4-3-5-7-22/h1,3-11,24-26,29-32,36-38,41H,12-20H2,(H,34,39)(H,35,40)(H,42,43)/t24-,25+,26-,29+,30+,31+,32+/m0/s1. The molecule has 2 amide bonds. The quantitative estimate of drug-likeness (QED) is 0.0796. The van der Waals surface area contributed by atoms with E-state index < -0.39 is 72.7 Å². The topological polar surface area (TPSA) is 204 Å². The number of nitrogens with one attached hydrogen (secondary N) is 2. The summed E-state index contributed by atoms with van der Waals surface area (Å²) in [5.74, 6) is -0.0771. The van der Waals surface area contributed by atoms with Gasteiger partial charge < -0.3 is 50.4 Å². The van der Waals surface area contributed by atoms with Crippen LogP contribution < -0.4 is 10.6 Å². The fraction of sp³-hybridized carbons (Fsp3) is 0.485. The molecule has 7 N–H and O–H groups in total. The average molecular weight is 675 g/mol. The first kappa shape index (κ1) is 37.9. The van der Waals surface area contributed by atoms with Crippen molar-refractivity contribution < 1.29 is 54.1 Å². The lowest BCUT2D eigenvalue weighted by molar-refractivity contribution is -0.167. The van der Waals surface area contributed by atoms with Gasteiger partial charge in [0, 0.05) is 17.5 Å². The van der Waals surface area contributed by atoms with Crippen LogP contribution in [0.4, 0.5) is 0 Å². The second kappa shape index (κ2) is 20.0. The number of carboxylic acids is 1. The minimum Gasteiger partial charge on any atom is -0.479 e. The van der Waals surface area contributed by atoms with E-state index in [-0.39, 0.29) is 39.3 Å². The molecule has 1 fully saturated rings. The van der Waals surface area contributed by atoms with Crippen molar-refractivity contribution in [3.63, 3.8) is 0 Å². The highest BCUT2D eigenvalue weighted by atomic mass is 32.2. The predicted octanol–water partition coefficient (Wildman–Crippen LogP) is -0.418. The summed E-state index contributed by atoms with van der Waals surface area (Å²) >= 11 is 1.16. The average Bonchev–Trinajstić information content (AvgIpc) is 3.21. The maximum absolute atomic E-state index is 12.7. The summed E-state index contributed by atoms with van der Waals surface area (Å²) in [6.07, 6.45) is -3.17. The van der Waals surface area contributed by atoms with Gasteiger partial charge in [-0.25, -0.2) is 4.79 Å². The number of amides is 2. The zero-order chi connectivity index (χ0) is 34.2. The molecule has 7 atom stereocenters. The van der Waals surface area contributed by atoms with Crippen molar-refractivity contribution in [1.82, 2.24) is 10.6 Å². The number of terminal acetylenes is 1. The molecule has 256 valence electrons. The van der Waals surface area contributed by atoms with Gasteiger partial charge in [-0.3, -0.25) is 9.59 Å². The van der Waals surface area contributed by atoms with Gasteiger partial charge in [0.15, 0.2) is 6.10 Å². The number of ether oxygens (including phenoxy) is 3. The molecule has 0 aromatic heterocycles. The number of aliphatic hydroxyl groups is 4. The minimum absolute atomic E-state index is 0.00660. The molecule has 2 aromatic rings. The van der Waals surface area contributed by atoms with E-state index in [0.717, 1.165) is 28.5 Å². The van der Waals surface area contributed by atoms with Crippen LogP contribution in [0.3, 0.4) is 0 Å². The van der Waals surface area contributed by atoms with Gasteiger partial charge in [0.05, 0.1) is 44.5 Å². The van der Waals surface area contributed by atoms with Crippen molar-refractivity contribution in [3.8, 4) is 23.5 Å². The predicted molar refractivity (Wildman–Crippen MR) is 173 cm³/mol. The highest BCUT2D eigenvalue weighted by Gasteiger charge is 2.47. The zero-order valence-electron chi connectivity index (χ0n) is 25.8. The van der Waals surface area contributed by atoms with Crippen LogP contribution in [0.5, 0.6) is 0 Å². The number of aliphatic hydroxyl groups excluding tert-OH is 4. The number of hydrogen-bond acceptors (Lipinski definition) is 11. The van der Waals surface area contributed by atoms with Crippen molar-refractivity contribution in [2.24, 2.45) is 0 Å². The van der Waals surface area contributed by atoms with Crippen molar-refractivity contribution in [2.45, 2.75) is 54.7 Å². The van der Waals surface area contributed by atoms with E-state index in [9.17, 15) is 39.9 Å². The SMILES string of the molecule is C#CCOCCOCCS[C@H]1C[C@H](O)[C@@H](NC(=O)CO)[C@H]([C@H](O)[C@H](O)CNC(=O)Cc2ccc(-c3ccccc3)cc2)O[C@H]1C(=O)O. The van der Waals surface area contributed by atoms with Crippen LogP contribution in [-0.2, 0) is 35.0 Å². The molecule has 13 nitrogen and oxygen atoms in total. The molecule has 47 heavy (non-hydrogen) atoms. The Morgan fingerprint density at radius 1 is 1.00 bits per heavy atom. The molecule has 1 aliphatic rings. The molecule has 0 unspecified atom stereocenters. The van der Waals surface area contributed by atoms with E-state index >= 15 is 0 Å². The monoisotopic (exact) mass is 674 g/mol. The Morgan fingerprint density at radius 2 is 1.68 bits per heavy atom.